The van der Waals surface area contributed by atoms with Gasteiger partial charge in [0.25, 0.3) is 0 Å². The molecule has 4 aromatic heterocycles. The number of fused-ring (bicyclic) bond motifs is 3. The van der Waals surface area contributed by atoms with Crippen molar-refractivity contribution in [3.8, 4) is 33.8 Å². The van der Waals surface area contributed by atoms with E-state index in [4.69, 9.17) is 13.5 Å². The van der Waals surface area contributed by atoms with Gasteiger partial charge in [-0.2, -0.15) is 0 Å². The van der Waals surface area contributed by atoms with Gasteiger partial charge in [0, 0.05) is 47.6 Å². The van der Waals surface area contributed by atoms with Gasteiger partial charge in [0.15, 0.2) is 0 Å². The molecule has 1 radical (unpaired) electrons. The molecule has 1 saturated carbocycles. The molecule has 0 saturated heterocycles. The normalized spacial score (nSPS) is 14.8. The molecule has 6 heteroatoms. The predicted molar refractivity (Wildman–Crippen MR) is 215 cm³/mol. The van der Waals surface area contributed by atoms with Gasteiger partial charge in [-0.3, -0.25) is 0 Å². The van der Waals surface area contributed by atoms with Crippen molar-refractivity contribution < 1.29 is 28.6 Å². The SMILES string of the molecule is [2H]C(C)(C)c1cc(-c2[c-]cccc2)ncc1[Si](C)(C)C.[2H]C([2H])(c1ccnc(-c2[c-]cc3oc4nc(-c5ccccc5)ccc4c3c2)c1)C1CCCCC1.[Ir]. The van der Waals surface area contributed by atoms with Gasteiger partial charge >= 0.3 is 0 Å². The number of rotatable bonds is 7. The van der Waals surface area contributed by atoms with Crippen LogP contribution in [0.3, 0.4) is 0 Å². The molecule has 52 heavy (non-hydrogen) atoms. The molecular formula is C46H47IrN3OSi-2. The van der Waals surface area contributed by atoms with Crippen molar-refractivity contribution in [2.45, 2.75) is 77.9 Å². The third-order valence-electron chi connectivity index (χ3n) is 9.59. The number of hydrogen-bond acceptors (Lipinski definition) is 4. The molecule has 8 rings (SSSR count). The summed E-state index contributed by atoms with van der Waals surface area (Å²) in [7, 11) is -1.50. The molecule has 0 bridgehead atoms. The van der Waals surface area contributed by atoms with Crippen molar-refractivity contribution in [2.24, 2.45) is 5.92 Å². The zero-order valence-corrected chi connectivity index (χ0v) is 34.0. The zero-order chi connectivity index (χ0) is 38.1. The fourth-order valence-electron chi connectivity index (χ4n) is 6.83. The van der Waals surface area contributed by atoms with Crippen LogP contribution < -0.4 is 5.19 Å². The number of aromatic nitrogens is 3. The number of pyridine rings is 3. The van der Waals surface area contributed by atoms with Crippen LogP contribution in [0.5, 0.6) is 0 Å². The van der Waals surface area contributed by atoms with Crippen molar-refractivity contribution in [3.05, 3.63) is 133 Å². The summed E-state index contributed by atoms with van der Waals surface area (Å²) >= 11 is 0. The van der Waals surface area contributed by atoms with Crippen LogP contribution in [-0.2, 0) is 26.5 Å². The summed E-state index contributed by atoms with van der Waals surface area (Å²) in [5, 5.41) is 3.18. The van der Waals surface area contributed by atoms with E-state index in [-0.39, 0.29) is 26.0 Å². The second kappa shape index (κ2) is 16.6. The van der Waals surface area contributed by atoms with E-state index >= 15 is 0 Å². The summed E-state index contributed by atoms with van der Waals surface area (Å²) < 4.78 is 32.1. The van der Waals surface area contributed by atoms with E-state index in [1.807, 2.05) is 111 Å². The van der Waals surface area contributed by atoms with Crippen LogP contribution in [0.2, 0.25) is 19.6 Å². The smallest absolute Gasteiger partial charge is 0.216 e. The van der Waals surface area contributed by atoms with Gasteiger partial charge in [0.2, 0.25) is 5.71 Å². The minimum absolute atomic E-state index is 0. The van der Waals surface area contributed by atoms with Gasteiger partial charge in [-0.05, 0) is 53.0 Å². The molecule has 7 aromatic rings. The van der Waals surface area contributed by atoms with Crippen LogP contribution in [0, 0.1) is 18.1 Å². The molecule has 0 unspecified atom stereocenters. The molecule has 4 heterocycles. The Morgan fingerprint density at radius 2 is 1.60 bits per heavy atom. The number of hydrogen-bond donors (Lipinski definition) is 0. The molecule has 0 spiro atoms. The maximum atomic E-state index is 8.83. The summed E-state index contributed by atoms with van der Waals surface area (Å²) in [5.41, 5.74) is 8.47. The summed E-state index contributed by atoms with van der Waals surface area (Å²) in [6.07, 6.45) is 7.66. The van der Waals surface area contributed by atoms with E-state index in [0.717, 1.165) is 81.4 Å². The molecule has 0 N–H and O–H groups in total. The minimum Gasteiger partial charge on any atom is -0.486 e. The topological polar surface area (TPSA) is 51.8 Å². The van der Waals surface area contributed by atoms with E-state index in [0.29, 0.717) is 11.3 Å². The number of furan rings is 1. The Labute approximate surface area is 327 Å². The summed E-state index contributed by atoms with van der Waals surface area (Å²) in [6.45, 7) is 10.8. The first-order valence-corrected chi connectivity index (χ1v) is 21.5. The van der Waals surface area contributed by atoms with E-state index < -0.39 is 20.3 Å². The fraction of sp³-hybridized carbons (Fsp3) is 0.283. The monoisotopic (exact) mass is 881 g/mol. The third kappa shape index (κ3) is 8.69. The minimum atomic E-state index is -1.50. The summed E-state index contributed by atoms with van der Waals surface area (Å²) in [4.78, 5) is 13.9. The number of nitrogens with zero attached hydrogens (tertiary/aromatic N) is 3. The van der Waals surface area contributed by atoms with Gasteiger partial charge in [-0.25, -0.2) is 4.98 Å². The molecule has 3 aromatic carbocycles. The first-order valence-electron chi connectivity index (χ1n) is 19.5. The molecule has 1 aliphatic rings. The Bertz CT molecular complexity index is 2380. The van der Waals surface area contributed by atoms with Crippen molar-refractivity contribution in [1.82, 2.24) is 15.0 Å². The Morgan fingerprint density at radius 1 is 0.827 bits per heavy atom. The zero-order valence-electron chi connectivity index (χ0n) is 33.6. The van der Waals surface area contributed by atoms with Crippen LogP contribution >= 0.6 is 0 Å². The summed E-state index contributed by atoms with van der Waals surface area (Å²) in [5.74, 6) is -0.548. The Morgan fingerprint density at radius 3 is 2.33 bits per heavy atom. The van der Waals surface area contributed by atoms with Gasteiger partial charge < -0.3 is 14.4 Å². The van der Waals surface area contributed by atoms with Crippen LogP contribution in [0.15, 0.2) is 114 Å². The maximum absolute atomic E-state index is 8.83. The average Bonchev–Trinajstić information content (AvgIpc) is 3.55. The molecule has 0 atom stereocenters. The van der Waals surface area contributed by atoms with Crippen LogP contribution in [0.25, 0.3) is 55.8 Å². The number of benzene rings is 3. The fourth-order valence-corrected chi connectivity index (χ4v) is 8.42. The molecule has 0 amide bonds. The van der Waals surface area contributed by atoms with Crippen LogP contribution in [0.1, 0.15) is 67.1 Å². The molecule has 4 nitrogen and oxygen atoms in total. The van der Waals surface area contributed by atoms with E-state index in [2.05, 4.69) is 47.8 Å². The maximum Gasteiger partial charge on any atom is 0.216 e. The first-order chi connectivity index (χ1) is 25.8. The van der Waals surface area contributed by atoms with Gasteiger partial charge in [-0.15, -0.1) is 59.7 Å². The van der Waals surface area contributed by atoms with Crippen molar-refractivity contribution >= 4 is 35.3 Å². The van der Waals surface area contributed by atoms with Crippen molar-refractivity contribution in [3.63, 3.8) is 0 Å². The predicted octanol–water partition coefficient (Wildman–Crippen LogP) is 11.8. The second-order valence-electron chi connectivity index (χ2n) is 14.7. The molecule has 1 aliphatic carbocycles. The third-order valence-corrected chi connectivity index (χ3v) is 11.6. The standard InChI is InChI=1S/C29H25N2O.C17H22NSi.Ir/c1-3-7-20(8-4-1)17-21-15-16-30-27(18-21)23-11-14-28-25(19-23)24-12-13-26(31-29(24)32-28)22-9-5-2-6-10-22;1-13(2)15-11-16(14-9-7-6-8-10-14)18-12-17(15)19(3,4)5;/h2,5-6,9-10,12-16,18-20H,1,3-4,7-8,17H2;6-9,11-13H,1-5H3;/q2*-1;/i17D2;13D;. The largest absolute Gasteiger partial charge is 0.486 e. The second-order valence-corrected chi connectivity index (χ2v) is 19.7. The van der Waals surface area contributed by atoms with Gasteiger partial charge in [0.1, 0.15) is 0 Å². The van der Waals surface area contributed by atoms with Crippen molar-refractivity contribution in [1.29, 1.82) is 0 Å². The van der Waals surface area contributed by atoms with Crippen molar-refractivity contribution in [2.75, 3.05) is 0 Å². The Balaban J connectivity index is 0.000000211. The average molecular weight is 881 g/mol. The Kier molecular flexibility index (Phi) is 10.7. The quantitative estimate of drug-likeness (QED) is 0.118. The molecular weight excluding hydrogens is 831 g/mol. The van der Waals surface area contributed by atoms with E-state index in [1.165, 1.54) is 11.6 Å². The first kappa shape index (κ1) is 33.6. The molecule has 0 aliphatic heterocycles. The van der Waals surface area contributed by atoms with Crippen LogP contribution in [0.4, 0.5) is 0 Å². The van der Waals surface area contributed by atoms with Crippen LogP contribution in [-0.4, -0.2) is 23.0 Å². The molecule has 267 valence electrons. The van der Waals surface area contributed by atoms with E-state index in [1.54, 1.807) is 6.20 Å². The van der Waals surface area contributed by atoms with E-state index in [9.17, 15) is 0 Å². The Hall–Kier alpha value is -4.22. The summed E-state index contributed by atoms with van der Waals surface area (Å²) in [6, 6.07) is 38.1. The molecule has 1 fully saturated rings. The van der Waals surface area contributed by atoms with Gasteiger partial charge in [0.05, 0.1) is 19.4 Å². The van der Waals surface area contributed by atoms with Gasteiger partial charge in [-0.1, -0.05) is 125 Å².